The Morgan fingerprint density at radius 2 is 1.89 bits per heavy atom. The number of nitrogens with one attached hydrogen (secondary N) is 1. The van der Waals surface area contributed by atoms with Gasteiger partial charge >= 0.3 is 0 Å². The van der Waals surface area contributed by atoms with Gasteiger partial charge in [0.1, 0.15) is 0 Å². The van der Waals surface area contributed by atoms with Crippen LogP contribution in [0.15, 0.2) is 18.2 Å². The molecule has 18 heavy (non-hydrogen) atoms. The molecule has 0 atom stereocenters. The van der Waals surface area contributed by atoms with Crippen LogP contribution in [0.2, 0.25) is 10.0 Å². The first-order valence-electron chi connectivity index (χ1n) is 6.74. The Morgan fingerprint density at radius 1 is 1.17 bits per heavy atom. The van der Waals surface area contributed by atoms with E-state index in [4.69, 9.17) is 23.2 Å². The minimum atomic E-state index is 0.379. The summed E-state index contributed by atoms with van der Waals surface area (Å²) in [4.78, 5) is 0. The second-order valence-electron chi connectivity index (χ2n) is 5.50. The number of hydrogen-bond acceptors (Lipinski definition) is 1. The Labute approximate surface area is 120 Å². The van der Waals surface area contributed by atoms with Gasteiger partial charge in [-0.05, 0) is 49.4 Å². The third-order valence-corrected chi connectivity index (χ3v) is 4.63. The van der Waals surface area contributed by atoms with E-state index in [1.165, 1.54) is 37.7 Å². The summed E-state index contributed by atoms with van der Waals surface area (Å²) >= 11 is 12.3. The first-order valence-corrected chi connectivity index (χ1v) is 7.49. The van der Waals surface area contributed by atoms with Crippen LogP contribution < -0.4 is 5.32 Å². The Bertz CT molecular complexity index is 392. The summed E-state index contributed by atoms with van der Waals surface area (Å²) in [6.45, 7) is 1.08. The summed E-state index contributed by atoms with van der Waals surface area (Å²) in [5.74, 6) is 0. The molecular formula is C15H21Cl2N. The Kier molecular flexibility index (Phi) is 4.94. The molecule has 1 aromatic carbocycles. The van der Waals surface area contributed by atoms with Gasteiger partial charge in [0.05, 0.1) is 0 Å². The van der Waals surface area contributed by atoms with Gasteiger partial charge in [0.2, 0.25) is 0 Å². The lowest BCUT2D eigenvalue weighted by molar-refractivity contribution is 0.185. The average molecular weight is 286 g/mol. The molecule has 0 radical (unpaired) electrons. The average Bonchev–Trinajstić information content (AvgIpc) is 2.34. The van der Waals surface area contributed by atoms with E-state index in [0.29, 0.717) is 5.41 Å². The Morgan fingerprint density at radius 3 is 2.50 bits per heavy atom. The van der Waals surface area contributed by atoms with Gasteiger partial charge in [0, 0.05) is 16.6 Å². The maximum atomic E-state index is 6.31. The summed E-state index contributed by atoms with van der Waals surface area (Å²) in [6.07, 6.45) is 7.71. The standard InChI is InChI=1S/C15H21Cl2N/c1-18-11-15(7-3-2-4-8-15)10-12-5-6-13(16)9-14(12)17/h5-6,9,18H,2-4,7-8,10-11H2,1H3. The zero-order valence-corrected chi connectivity index (χ0v) is 12.4. The lowest BCUT2D eigenvalue weighted by Gasteiger charge is -2.37. The lowest BCUT2D eigenvalue weighted by Crippen LogP contribution is -2.36. The molecule has 0 unspecified atom stereocenters. The van der Waals surface area contributed by atoms with Gasteiger partial charge in [-0.25, -0.2) is 0 Å². The molecule has 1 aliphatic carbocycles. The quantitative estimate of drug-likeness (QED) is 0.845. The lowest BCUT2D eigenvalue weighted by atomic mass is 9.70. The van der Waals surface area contributed by atoms with Gasteiger partial charge < -0.3 is 5.32 Å². The van der Waals surface area contributed by atoms with Crippen LogP contribution in [0.5, 0.6) is 0 Å². The van der Waals surface area contributed by atoms with Crippen molar-refractivity contribution in [2.24, 2.45) is 5.41 Å². The normalized spacial score (nSPS) is 18.8. The number of rotatable bonds is 4. The molecule has 2 rings (SSSR count). The molecule has 1 fully saturated rings. The van der Waals surface area contributed by atoms with Gasteiger partial charge in [-0.15, -0.1) is 0 Å². The molecule has 1 aromatic rings. The molecule has 1 nitrogen and oxygen atoms in total. The summed E-state index contributed by atoms with van der Waals surface area (Å²) in [7, 11) is 2.04. The van der Waals surface area contributed by atoms with E-state index in [0.717, 1.165) is 23.0 Å². The van der Waals surface area contributed by atoms with E-state index in [1.807, 2.05) is 19.2 Å². The highest BCUT2D eigenvalue weighted by atomic mass is 35.5. The molecule has 0 aliphatic heterocycles. The van der Waals surface area contributed by atoms with Gasteiger partial charge in [0.25, 0.3) is 0 Å². The van der Waals surface area contributed by atoms with Gasteiger partial charge in [0.15, 0.2) is 0 Å². The van der Waals surface area contributed by atoms with Gasteiger partial charge in [-0.3, -0.25) is 0 Å². The molecule has 0 saturated heterocycles. The van der Waals surface area contributed by atoms with Crippen LogP contribution in [-0.4, -0.2) is 13.6 Å². The third-order valence-electron chi connectivity index (χ3n) is 4.05. The molecule has 100 valence electrons. The maximum absolute atomic E-state index is 6.31. The van der Waals surface area contributed by atoms with E-state index >= 15 is 0 Å². The second-order valence-corrected chi connectivity index (χ2v) is 6.35. The second kappa shape index (κ2) is 6.27. The first kappa shape index (κ1) is 14.2. The third kappa shape index (κ3) is 3.40. The van der Waals surface area contributed by atoms with Crippen molar-refractivity contribution < 1.29 is 0 Å². The van der Waals surface area contributed by atoms with Crippen molar-refractivity contribution in [2.75, 3.05) is 13.6 Å². The Balaban J connectivity index is 2.17. The van der Waals surface area contributed by atoms with Gasteiger partial charge in [-0.2, -0.15) is 0 Å². The number of hydrogen-bond donors (Lipinski definition) is 1. The summed E-state index contributed by atoms with van der Waals surface area (Å²) in [5, 5.41) is 4.89. The fraction of sp³-hybridized carbons (Fsp3) is 0.600. The molecule has 0 bridgehead atoms. The molecular weight excluding hydrogens is 265 g/mol. The molecule has 1 aliphatic rings. The van der Waals surface area contributed by atoms with Crippen molar-refractivity contribution in [3.05, 3.63) is 33.8 Å². The maximum Gasteiger partial charge on any atom is 0.0453 e. The Hall–Kier alpha value is -0.240. The van der Waals surface area contributed by atoms with Crippen molar-refractivity contribution in [1.82, 2.24) is 5.32 Å². The van der Waals surface area contributed by atoms with E-state index in [2.05, 4.69) is 11.4 Å². The highest BCUT2D eigenvalue weighted by molar-refractivity contribution is 6.35. The smallest absolute Gasteiger partial charge is 0.0453 e. The molecule has 0 amide bonds. The first-order chi connectivity index (χ1) is 8.65. The van der Waals surface area contributed by atoms with Crippen molar-refractivity contribution in [2.45, 2.75) is 38.5 Å². The predicted molar refractivity (Wildman–Crippen MR) is 79.6 cm³/mol. The molecule has 3 heteroatoms. The molecule has 0 heterocycles. The van der Waals surface area contributed by atoms with Crippen LogP contribution in [0, 0.1) is 5.41 Å². The van der Waals surface area contributed by atoms with Crippen LogP contribution in [0.3, 0.4) is 0 Å². The van der Waals surface area contributed by atoms with Crippen LogP contribution in [0.1, 0.15) is 37.7 Å². The van der Waals surface area contributed by atoms with Gasteiger partial charge in [-0.1, -0.05) is 48.5 Å². The minimum Gasteiger partial charge on any atom is -0.319 e. The van der Waals surface area contributed by atoms with E-state index in [1.54, 1.807) is 0 Å². The monoisotopic (exact) mass is 285 g/mol. The highest BCUT2D eigenvalue weighted by Crippen LogP contribution is 2.40. The summed E-state index contributed by atoms with van der Waals surface area (Å²) in [6, 6.07) is 5.88. The fourth-order valence-corrected chi connectivity index (χ4v) is 3.64. The van der Waals surface area contributed by atoms with Crippen molar-refractivity contribution in [3.63, 3.8) is 0 Å². The van der Waals surface area contributed by atoms with Crippen molar-refractivity contribution in [3.8, 4) is 0 Å². The van der Waals surface area contributed by atoms with Crippen LogP contribution in [-0.2, 0) is 6.42 Å². The molecule has 0 aromatic heterocycles. The molecule has 0 spiro atoms. The predicted octanol–water partition coefficient (Wildman–Crippen LogP) is 4.71. The number of benzene rings is 1. The van der Waals surface area contributed by atoms with Crippen molar-refractivity contribution in [1.29, 1.82) is 0 Å². The zero-order valence-electron chi connectivity index (χ0n) is 10.9. The number of halogens is 2. The van der Waals surface area contributed by atoms with Crippen LogP contribution in [0.4, 0.5) is 0 Å². The van der Waals surface area contributed by atoms with E-state index in [-0.39, 0.29) is 0 Å². The SMILES string of the molecule is CNCC1(Cc2ccc(Cl)cc2Cl)CCCCC1. The fourth-order valence-electron chi connectivity index (χ4n) is 3.16. The van der Waals surface area contributed by atoms with Crippen LogP contribution in [0.25, 0.3) is 0 Å². The van der Waals surface area contributed by atoms with Crippen LogP contribution >= 0.6 is 23.2 Å². The zero-order chi connectivity index (χ0) is 13.0. The van der Waals surface area contributed by atoms with E-state index < -0.39 is 0 Å². The summed E-state index contributed by atoms with van der Waals surface area (Å²) < 4.78 is 0. The van der Waals surface area contributed by atoms with Crippen molar-refractivity contribution >= 4 is 23.2 Å². The molecule has 1 N–H and O–H groups in total. The minimum absolute atomic E-state index is 0.379. The topological polar surface area (TPSA) is 12.0 Å². The largest absolute Gasteiger partial charge is 0.319 e. The summed E-state index contributed by atoms with van der Waals surface area (Å²) in [5.41, 5.74) is 1.61. The highest BCUT2D eigenvalue weighted by Gasteiger charge is 2.32. The van der Waals surface area contributed by atoms with E-state index in [9.17, 15) is 0 Å². The molecule has 1 saturated carbocycles.